The Labute approximate surface area is 195 Å². The lowest BCUT2D eigenvalue weighted by Crippen LogP contribution is -2.63. The summed E-state index contributed by atoms with van der Waals surface area (Å²) in [6.45, 7) is 10.9. The Hall–Kier alpha value is -1.11. The summed E-state index contributed by atoms with van der Waals surface area (Å²) in [4.78, 5) is 12.8. The highest BCUT2D eigenvalue weighted by molar-refractivity contribution is 5.81. The first-order valence-corrected chi connectivity index (χ1v) is 11.4. The zero-order valence-corrected chi connectivity index (χ0v) is 20.5. The predicted molar refractivity (Wildman–Crippen MR) is 119 cm³/mol. The van der Waals surface area contributed by atoms with Gasteiger partial charge in [0, 0.05) is 44.9 Å². The third-order valence-electron chi connectivity index (χ3n) is 7.24. The van der Waals surface area contributed by atoms with Crippen LogP contribution < -0.4 is 5.32 Å². The quantitative estimate of drug-likeness (QED) is 0.284. The van der Waals surface area contributed by atoms with Gasteiger partial charge in [-0.25, -0.2) is 0 Å². The van der Waals surface area contributed by atoms with Crippen molar-refractivity contribution in [1.82, 2.24) is 5.32 Å². The van der Waals surface area contributed by atoms with Crippen molar-refractivity contribution in [3.63, 3.8) is 0 Å². The zero-order valence-electron chi connectivity index (χ0n) is 20.5. The lowest BCUT2D eigenvalue weighted by Gasteiger charge is -2.50. The summed E-state index contributed by atoms with van der Waals surface area (Å²) in [7, 11) is 2.83. The molecule has 192 valence electrons. The van der Waals surface area contributed by atoms with Crippen molar-refractivity contribution in [2.24, 2.45) is 11.3 Å². The number of carbonyl (C=O) groups is 1. The number of hydrogen-bond acceptors (Lipinski definition) is 9. The van der Waals surface area contributed by atoms with E-state index in [1.165, 1.54) is 14.2 Å². The minimum Gasteiger partial charge on any atom is -0.394 e. The molecule has 0 spiro atoms. The largest absolute Gasteiger partial charge is 0.394 e. The van der Waals surface area contributed by atoms with Crippen LogP contribution in [0.15, 0.2) is 12.2 Å². The second-order valence-corrected chi connectivity index (χ2v) is 9.81. The van der Waals surface area contributed by atoms with Gasteiger partial charge < -0.3 is 44.7 Å². The van der Waals surface area contributed by atoms with E-state index in [2.05, 4.69) is 11.9 Å². The van der Waals surface area contributed by atoms with Crippen molar-refractivity contribution in [3.05, 3.63) is 12.2 Å². The number of aliphatic hydroxyl groups is 4. The molecule has 0 aromatic carbocycles. The number of nitrogens with one attached hydrogen (secondary N) is 1. The van der Waals surface area contributed by atoms with Gasteiger partial charge in [-0.3, -0.25) is 4.79 Å². The summed E-state index contributed by atoms with van der Waals surface area (Å²) in [5, 5.41) is 43.4. The van der Waals surface area contributed by atoms with Crippen LogP contribution in [0, 0.1) is 11.3 Å². The summed E-state index contributed by atoms with van der Waals surface area (Å²) in [5.41, 5.74) is 0.136. The number of amides is 1. The summed E-state index contributed by atoms with van der Waals surface area (Å²) >= 11 is 0. The third-order valence-corrected chi connectivity index (χ3v) is 7.24. The van der Waals surface area contributed by atoms with E-state index in [0.29, 0.717) is 0 Å². The zero-order chi connectivity index (χ0) is 25.1. The van der Waals surface area contributed by atoms with E-state index in [9.17, 15) is 25.2 Å². The molecule has 0 aliphatic carbocycles. The van der Waals surface area contributed by atoms with Gasteiger partial charge in [-0.05, 0) is 6.92 Å². The van der Waals surface area contributed by atoms with Gasteiger partial charge in [0.2, 0.25) is 5.79 Å². The van der Waals surface area contributed by atoms with Crippen LogP contribution in [-0.2, 0) is 23.7 Å². The summed E-state index contributed by atoms with van der Waals surface area (Å²) in [5.74, 6) is -2.26. The molecule has 0 unspecified atom stereocenters. The highest BCUT2D eigenvalue weighted by Gasteiger charge is 2.52. The van der Waals surface area contributed by atoms with Gasteiger partial charge >= 0.3 is 0 Å². The number of hydrogen-bond donors (Lipinski definition) is 5. The van der Waals surface area contributed by atoms with E-state index in [4.69, 9.17) is 18.9 Å². The first-order chi connectivity index (χ1) is 15.3. The smallest absolute Gasteiger partial charge is 0.254 e. The number of ether oxygens (including phenoxy) is 4. The number of rotatable bonds is 9. The van der Waals surface area contributed by atoms with Crippen LogP contribution in [-0.4, -0.2) is 102 Å². The summed E-state index contributed by atoms with van der Waals surface area (Å²) in [6.07, 6.45) is -5.81. The Kier molecular flexibility index (Phi) is 9.45. The standard InChI is InChI=1S/C23H41NO9/c1-12-9-23(31-7,33-14(3)13(12)2)19(28)21(29)24-10-16-18(27)20(30-6)22(4,5)17(32-16)8-15(26)11-25/h13-20,25-28H,1,8-11H2,2-7H3,(H,24,29)/t13-,14-,15-,16-,17-,18+,19-,20-,23-/m1/s1. The van der Waals surface area contributed by atoms with Gasteiger partial charge in [-0.2, -0.15) is 0 Å². The maximum atomic E-state index is 12.8. The van der Waals surface area contributed by atoms with E-state index in [-0.39, 0.29) is 31.4 Å². The van der Waals surface area contributed by atoms with E-state index in [1.54, 1.807) is 0 Å². The van der Waals surface area contributed by atoms with E-state index < -0.39 is 60.3 Å². The van der Waals surface area contributed by atoms with Gasteiger partial charge in [0.25, 0.3) is 5.91 Å². The average Bonchev–Trinajstić information content (AvgIpc) is 2.77. The van der Waals surface area contributed by atoms with Gasteiger partial charge in [0.05, 0.1) is 31.0 Å². The van der Waals surface area contributed by atoms with Gasteiger partial charge in [0.1, 0.15) is 12.2 Å². The van der Waals surface area contributed by atoms with Crippen LogP contribution in [0.2, 0.25) is 0 Å². The first kappa shape index (κ1) is 28.1. The molecule has 1 amide bonds. The molecule has 2 saturated heterocycles. The fraction of sp³-hybridized carbons (Fsp3) is 0.870. The first-order valence-electron chi connectivity index (χ1n) is 11.4. The fourth-order valence-electron chi connectivity index (χ4n) is 4.74. The lowest BCUT2D eigenvalue weighted by molar-refractivity contribution is -0.297. The Morgan fingerprint density at radius 2 is 1.94 bits per heavy atom. The molecule has 2 fully saturated rings. The fourth-order valence-corrected chi connectivity index (χ4v) is 4.74. The van der Waals surface area contributed by atoms with Crippen LogP contribution in [0.5, 0.6) is 0 Å². The molecule has 0 radical (unpaired) electrons. The van der Waals surface area contributed by atoms with Crippen molar-refractivity contribution < 1.29 is 44.2 Å². The normalized spacial score (nSPS) is 38.5. The van der Waals surface area contributed by atoms with Gasteiger partial charge in [0.15, 0.2) is 6.10 Å². The molecule has 5 N–H and O–H groups in total. The molecular formula is C23H41NO9. The van der Waals surface area contributed by atoms with E-state index >= 15 is 0 Å². The minimum absolute atomic E-state index is 0.0508. The molecular weight excluding hydrogens is 434 g/mol. The molecule has 0 saturated carbocycles. The van der Waals surface area contributed by atoms with Crippen molar-refractivity contribution in [2.45, 2.75) is 89.1 Å². The molecule has 2 aliphatic rings. The maximum Gasteiger partial charge on any atom is 0.254 e. The highest BCUT2D eigenvalue weighted by atomic mass is 16.7. The monoisotopic (exact) mass is 475 g/mol. The van der Waals surface area contributed by atoms with Crippen LogP contribution in [0.1, 0.15) is 40.5 Å². The second-order valence-electron chi connectivity index (χ2n) is 9.81. The number of methoxy groups -OCH3 is 2. The third kappa shape index (κ3) is 5.76. The van der Waals surface area contributed by atoms with Crippen LogP contribution in [0.25, 0.3) is 0 Å². The van der Waals surface area contributed by atoms with Crippen molar-refractivity contribution in [1.29, 1.82) is 0 Å². The molecule has 0 aromatic heterocycles. The Balaban J connectivity index is 2.11. The summed E-state index contributed by atoms with van der Waals surface area (Å²) in [6, 6.07) is 0. The molecule has 10 nitrogen and oxygen atoms in total. The number of aliphatic hydroxyl groups excluding tert-OH is 4. The van der Waals surface area contributed by atoms with Crippen molar-refractivity contribution >= 4 is 5.91 Å². The molecule has 0 bridgehead atoms. The molecule has 2 heterocycles. The number of carbonyl (C=O) groups excluding carboxylic acids is 1. The van der Waals surface area contributed by atoms with Crippen molar-refractivity contribution in [3.8, 4) is 0 Å². The summed E-state index contributed by atoms with van der Waals surface area (Å²) < 4.78 is 22.9. The average molecular weight is 476 g/mol. The minimum atomic E-state index is -1.64. The van der Waals surface area contributed by atoms with E-state index in [0.717, 1.165) is 5.57 Å². The molecule has 0 aromatic rings. The Morgan fingerprint density at radius 3 is 2.45 bits per heavy atom. The molecule has 2 aliphatic heterocycles. The molecule has 9 atom stereocenters. The van der Waals surface area contributed by atoms with Crippen LogP contribution >= 0.6 is 0 Å². The van der Waals surface area contributed by atoms with Crippen LogP contribution in [0.4, 0.5) is 0 Å². The van der Waals surface area contributed by atoms with Gasteiger partial charge in [-0.15, -0.1) is 0 Å². The Bertz CT molecular complexity index is 687. The van der Waals surface area contributed by atoms with E-state index in [1.807, 2.05) is 27.7 Å². The van der Waals surface area contributed by atoms with Crippen molar-refractivity contribution in [2.75, 3.05) is 27.4 Å². The maximum absolute atomic E-state index is 12.8. The SMILES string of the molecule is C=C1C[C@](OC)([C@H](O)C(=O)NC[C@H]2O[C@H](C[C@@H](O)CO)C(C)(C)[C@H](OC)[C@H]2O)O[C@H](C)[C@@H]1C. The van der Waals surface area contributed by atoms with Gasteiger partial charge in [-0.1, -0.05) is 32.9 Å². The lowest BCUT2D eigenvalue weighted by atomic mass is 9.73. The Morgan fingerprint density at radius 1 is 1.30 bits per heavy atom. The predicted octanol–water partition coefficient (Wildman–Crippen LogP) is -0.280. The topological polar surface area (TPSA) is 147 Å². The van der Waals surface area contributed by atoms with Crippen LogP contribution in [0.3, 0.4) is 0 Å². The molecule has 2 rings (SSSR count). The molecule has 10 heteroatoms. The second kappa shape index (κ2) is 11.1. The molecule has 33 heavy (non-hydrogen) atoms. The highest BCUT2D eigenvalue weighted by Crippen LogP contribution is 2.41.